The summed E-state index contributed by atoms with van der Waals surface area (Å²) < 4.78 is 7.24. The standard InChI is InChI=1S/C11H20N4O/c1-16-7-2-10(12)8-14-5-6-15-4-3-13-11(15)9-14/h3-4,10H,2,5-9,12H2,1H3. The summed E-state index contributed by atoms with van der Waals surface area (Å²) in [6, 6.07) is 0.196. The van der Waals surface area contributed by atoms with Crippen molar-refractivity contribution in [1.29, 1.82) is 0 Å². The Hall–Kier alpha value is -0.910. The van der Waals surface area contributed by atoms with Gasteiger partial charge in [0.2, 0.25) is 0 Å². The Bertz CT molecular complexity index is 326. The zero-order chi connectivity index (χ0) is 11.4. The molecule has 0 radical (unpaired) electrons. The van der Waals surface area contributed by atoms with Crippen molar-refractivity contribution in [2.24, 2.45) is 5.73 Å². The van der Waals surface area contributed by atoms with E-state index in [1.165, 1.54) is 0 Å². The monoisotopic (exact) mass is 224 g/mol. The summed E-state index contributed by atoms with van der Waals surface area (Å²) in [5.41, 5.74) is 6.04. The molecule has 2 N–H and O–H groups in total. The first-order chi connectivity index (χ1) is 7.79. The number of hydrogen-bond donors (Lipinski definition) is 1. The lowest BCUT2D eigenvalue weighted by Crippen LogP contribution is -2.42. The third-order valence-electron chi connectivity index (χ3n) is 3.01. The minimum atomic E-state index is 0.196. The number of methoxy groups -OCH3 is 1. The highest BCUT2D eigenvalue weighted by molar-refractivity contribution is 4.95. The number of rotatable bonds is 5. The molecule has 0 spiro atoms. The average molecular weight is 224 g/mol. The van der Waals surface area contributed by atoms with E-state index in [2.05, 4.69) is 14.5 Å². The molecule has 1 unspecified atom stereocenters. The van der Waals surface area contributed by atoms with Gasteiger partial charge in [0, 0.05) is 51.8 Å². The molecule has 0 aliphatic carbocycles. The van der Waals surface area contributed by atoms with Gasteiger partial charge in [-0.3, -0.25) is 4.90 Å². The zero-order valence-electron chi connectivity index (χ0n) is 9.80. The minimum Gasteiger partial charge on any atom is -0.385 e. The lowest BCUT2D eigenvalue weighted by atomic mass is 10.2. The molecule has 90 valence electrons. The molecule has 2 heterocycles. The fraction of sp³-hybridized carbons (Fsp3) is 0.727. The maximum atomic E-state index is 6.04. The molecule has 5 nitrogen and oxygen atoms in total. The molecule has 1 aromatic heterocycles. The van der Waals surface area contributed by atoms with E-state index in [0.29, 0.717) is 0 Å². The van der Waals surface area contributed by atoms with Crippen LogP contribution < -0.4 is 5.73 Å². The van der Waals surface area contributed by atoms with E-state index in [9.17, 15) is 0 Å². The van der Waals surface area contributed by atoms with Crippen LogP contribution in [0.15, 0.2) is 12.4 Å². The Morgan fingerprint density at radius 2 is 2.44 bits per heavy atom. The first kappa shape index (κ1) is 11.6. The van der Waals surface area contributed by atoms with E-state index in [1.54, 1.807) is 7.11 Å². The fourth-order valence-electron chi connectivity index (χ4n) is 2.07. The van der Waals surface area contributed by atoms with E-state index in [-0.39, 0.29) is 6.04 Å². The molecule has 1 atom stereocenters. The van der Waals surface area contributed by atoms with E-state index < -0.39 is 0 Å². The van der Waals surface area contributed by atoms with Crippen molar-refractivity contribution < 1.29 is 4.74 Å². The van der Waals surface area contributed by atoms with Gasteiger partial charge in [-0.25, -0.2) is 4.98 Å². The highest BCUT2D eigenvalue weighted by atomic mass is 16.5. The summed E-state index contributed by atoms with van der Waals surface area (Å²) in [6.07, 6.45) is 4.82. The van der Waals surface area contributed by atoms with Crippen LogP contribution in [0, 0.1) is 0 Å². The highest BCUT2D eigenvalue weighted by Crippen LogP contribution is 2.10. The third kappa shape index (κ3) is 2.81. The van der Waals surface area contributed by atoms with Gasteiger partial charge in [0.05, 0.1) is 6.54 Å². The largest absolute Gasteiger partial charge is 0.385 e. The molecule has 0 fully saturated rings. The maximum Gasteiger partial charge on any atom is 0.122 e. The van der Waals surface area contributed by atoms with Gasteiger partial charge >= 0.3 is 0 Å². The third-order valence-corrected chi connectivity index (χ3v) is 3.01. The van der Waals surface area contributed by atoms with Crippen molar-refractivity contribution in [3.8, 4) is 0 Å². The number of fused-ring (bicyclic) bond motifs is 1. The van der Waals surface area contributed by atoms with Gasteiger partial charge in [0.25, 0.3) is 0 Å². The number of imidazole rings is 1. The van der Waals surface area contributed by atoms with Crippen molar-refractivity contribution in [2.45, 2.75) is 25.6 Å². The quantitative estimate of drug-likeness (QED) is 0.768. The van der Waals surface area contributed by atoms with Crippen LogP contribution in [-0.4, -0.2) is 47.3 Å². The second-order valence-electron chi connectivity index (χ2n) is 4.31. The molecule has 2 rings (SSSR count). The Kier molecular flexibility index (Phi) is 3.93. The molecular formula is C11H20N4O. The van der Waals surface area contributed by atoms with Crippen LogP contribution in [0.25, 0.3) is 0 Å². The van der Waals surface area contributed by atoms with Crippen LogP contribution in [0.2, 0.25) is 0 Å². The van der Waals surface area contributed by atoms with Crippen LogP contribution in [0.1, 0.15) is 12.2 Å². The summed E-state index contributed by atoms with van der Waals surface area (Å²) in [5.74, 6) is 1.14. The molecule has 16 heavy (non-hydrogen) atoms. The van der Waals surface area contributed by atoms with E-state index in [1.807, 2.05) is 12.4 Å². The second-order valence-corrected chi connectivity index (χ2v) is 4.31. The van der Waals surface area contributed by atoms with Gasteiger partial charge in [0.15, 0.2) is 0 Å². The smallest absolute Gasteiger partial charge is 0.122 e. The lowest BCUT2D eigenvalue weighted by molar-refractivity contribution is 0.163. The number of nitrogens with two attached hydrogens (primary N) is 1. The van der Waals surface area contributed by atoms with Crippen LogP contribution in [-0.2, 0) is 17.8 Å². The zero-order valence-corrected chi connectivity index (χ0v) is 9.80. The number of ether oxygens (including phenoxy) is 1. The van der Waals surface area contributed by atoms with E-state index in [0.717, 1.165) is 45.0 Å². The molecule has 0 saturated heterocycles. The van der Waals surface area contributed by atoms with Crippen LogP contribution in [0.4, 0.5) is 0 Å². The predicted molar refractivity (Wildman–Crippen MR) is 62.0 cm³/mol. The molecule has 0 aromatic carbocycles. The van der Waals surface area contributed by atoms with Gasteiger partial charge in [-0.05, 0) is 6.42 Å². The summed E-state index contributed by atoms with van der Waals surface area (Å²) in [4.78, 5) is 6.70. The van der Waals surface area contributed by atoms with Gasteiger partial charge < -0.3 is 15.0 Å². The van der Waals surface area contributed by atoms with Gasteiger partial charge in [-0.2, -0.15) is 0 Å². The molecule has 1 aliphatic rings. The molecule has 1 aromatic rings. The normalized spacial score (nSPS) is 18.4. The van der Waals surface area contributed by atoms with E-state index >= 15 is 0 Å². The van der Waals surface area contributed by atoms with Crippen LogP contribution >= 0.6 is 0 Å². The molecule has 5 heteroatoms. The molecule has 1 aliphatic heterocycles. The molecule has 0 amide bonds. The first-order valence-electron chi connectivity index (χ1n) is 5.76. The Morgan fingerprint density at radius 3 is 3.25 bits per heavy atom. The highest BCUT2D eigenvalue weighted by Gasteiger charge is 2.18. The van der Waals surface area contributed by atoms with Gasteiger partial charge in [-0.1, -0.05) is 0 Å². The number of aromatic nitrogens is 2. The average Bonchev–Trinajstić information content (AvgIpc) is 2.73. The molecular weight excluding hydrogens is 204 g/mol. The van der Waals surface area contributed by atoms with E-state index in [4.69, 9.17) is 10.5 Å². The molecule has 0 bridgehead atoms. The topological polar surface area (TPSA) is 56.3 Å². The summed E-state index contributed by atoms with van der Waals surface area (Å²) in [6.45, 7) is 4.66. The van der Waals surface area contributed by atoms with Crippen molar-refractivity contribution in [2.75, 3.05) is 26.8 Å². The second kappa shape index (κ2) is 5.43. The Balaban J connectivity index is 1.80. The predicted octanol–water partition coefficient (Wildman–Crippen LogP) is 0.0625. The summed E-state index contributed by atoms with van der Waals surface area (Å²) in [5, 5.41) is 0. The van der Waals surface area contributed by atoms with Crippen molar-refractivity contribution in [1.82, 2.24) is 14.5 Å². The Labute approximate surface area is 96.2 Å². The SMILES string of the molecule is COCCC(N)CN1CCn2ccnc2C1. The fourth-order valence-corrected chi connectivity index (χ4v) is 2.07. The maximum absolute atomic E-state index is 6.04. The molecule has 0 saturated carbocycles. The first-order valence-corrected chi connectivity index (χ1v) is 5.76. The summed E-state index contributed by atoms with van der Waals surface area (Å²) >= 11 is 0. The van der Waals surface area contributed by atoms with Gasteiger partial charge in [-0.15, -0.1) is 0 Å². The summed E-state index contributed by atoms with van der Waals surface area (Å²) in [7, 11) is 1.71. The number of hydrogen-bond acceptors (Lipinski definition) is 4. The van der Waals surface area contributed by atoms with Crippen molar-refractivity contribution in [3.63, 3.8) is 0 Å². The van der Waals surface area contributed by atoms with Gasteiger partial charge in [0.1, 0.15) is 5.82 Å². The van der Waals surface area contributed by atoms with Crippen LogP contribution in [0.5, 0.6) is 0 Å². The Morgan fingerprint density at radius 1 is 1.56 bits per heavy atom. The lowest BCUT2D eigenvalue weighted by Gasteiger charge is -2.29. The van der Waals surface area contributed by atoms with Crippen LogP contribution in [0.3, 0.4) is 0 Å². The van der Waals surface area contributed by atoms with Crippen molar-refractivity contribution in [3.05, 3.63) is 18.2 Å². The minimum absolute atomic E-state index is 0.196. The number of nitrogens with zero attached hydrogens (tertiary/aromatic N) is 3. The van der Waals surface area contributed by atoms with Crippen molar-refractivity contribution >= 4 is 0 Å².